The van der Waals surface area contributed by atoms with Crippen LogP contribution in [0.15, 0.2) is 46.8 Å². The number of benzene rings is 2. The number of aromatic nitrogens is 2. The fourth-order valence-corrected chi connectivity index (χ4v) is 5.27. The molecule has 0 bridgehead atoms. The van der Waals surface area contributed by atoms with E-state index in [2.05, 4.69) is 17.3 Å². The topological polar surface area (TPSA) is 46.9 Å². The molecule has 0 spiro atoms. The molecule has 0 aliphatic carbocycles. The summed E-state index contributed by atoms with van der Waals surface area (Å²) >= 11 is 14.5. The maximum absolute atomic E-state index is 12.6. The highest BCUT2D eigenvalue weighted by molar-refractivity contribution is 8.01. The second-order valence-corrected chi connectivity index (χ2v) is 9.24. The van der Waals surface area contributed by atoms with Gasteiger partial charge in [0.1, 0.15) is 0 Å². The molecule has 3 aromatic rings. The molecular formula is C20H20ClN3OS3. The van der Waals surface area contributed by atoms with Gasteiger partial charge >= 0.3 is 0 Å². The summed E-state index contributed by atoms with van der Waals surface area (Å²) in [4.78, 5) is 12.6. The average molecular weight is 450 g/mol. The van der Waals surface area contributed by atoms with Gasteiger partial charge in [-0.2, -0.15) is 0 Å². The van der Waals surface area contributed by atoms with Crippen LogP contribution in [0.1, 0.15) is 25.0 Å². The summed E-state index contributed by atoms with van der Waals surface area (Å²) in [5.41, 5.74) is 3.82. The monoisotopic (exact) mass is 449 g/mol. The lowest BCUT2D eigenvalue weighted by Crippen LogP contribution is -2.17. The molecule has 0 saturated heterocycles. The Kier molecular flexibility index (Phi) is 7.29. The quantitative estimate of drug-likeness (QED) is 0.346. The SMILES string of the molecule is CCc1ccc(Cl)c(CC)c1NC(=O)CSc1nn(-c2ccccc2)c(=S)s1. The Hall–Kier alpha value is -1.67. The molecule has 0 radical (unpaired) electrons. The van der Waals surface area contributed by atoms with Gasteiger partial charge in [-0.05, 0) is 54.4 Å². The third-order valence-electron chi connectivity index (χ3n) is 4.20. The molecule has 0 aliphatic rings. The molecule has 1 amide bonds. The predicted octanol–water partition coefficient (Wildman–Crippen LogP) is 6.17. The number of anilines is 1. The van der Waals surface area contributed by atoms with E-state index in [0.29, 0.717) is 8.98 Å². The summed E-state index contributed by atoms with van der Waals surface area (Å²) in [6.07, 6.45) is 1.59. The van der Waals surface area contributed by atoms with Crippen LogP contribution in [0.4, 0.5) is 5.69 Å². The number of hydrogen-bond acceptors (Lipinski definition) is 5. The van der Waals surface area contributed by atoms with E-state index in [4.69, 9.17) is 23.8 Å². The van der Waals surface area contributed by atoms with Crippen molar-refractivity contribution in [2.75, 3.05) is 11.1 Å². The van der Waals surface area contributed by atoms with Gasteiger partial charge in [0.05, 0.1) is 11.4 Å². The largest absolute Gasteiger partial charge is 0.325 e. The third kappa shape index (κ3) is 4.84. The van der Waals surface area contributed by atoms with Crippen molar-refractivity contribution in [1.82, 2.24) is 9.78 Å². The van der Waals surface area contributed by atoms with Crippen LogP contribution in [0.25, 0.3) is 5.69 Å². The standard InChI is InChI=1S/C20H20ClN3OS3/c1-3-13-10-11-16(21)15(4-2)18(13)22-17(25)12-27-19-23-24(20(26)28-19)14-8-6-5-7-9-14/h5-11H,3-4,12H2,1-2H3,(H,22,25). The molecule has 1 aromatic heterocycles. The highest BCUT2D eigenvalue weighted by Gasteiger charge is 2.14. The number of thioether (sulfide) groups is 1. The maximum Gasteiger partial charge on any atom is 0.234 e. The summed E-state index contributed by atoms with van der Waals surface area (Å²) in [6, 6.07) is 13.6. The smallest absolute Gasteiger partial charge is 0.234 e. The van der Waals surface area contributed by atoms with Gasteiger partial charge in [-0.25, -0.2) is 4.68 Å². The van der Waals surface area contributed by atoms with Gasteiger partial charge < -0.3 is 5.32 Å². The van der Waals surface area contributed by atoms with Gasteiger partial charge in [0.2, 0.25) is 5.91 Å². The van der Waals surface area contributed by atoms with Crippen molar-refractivity contribution in [2.24, 2.45) is 0 Å². The zero-order valence-electron chi connectivity index (χ0n) is 15.6. The van der Waals surface area contributed by atoms with Gasteiger partial charge in [-0.1, -0.05) is 72.8 Å². The molecule has 8 heteroatoms. The van der Waals surface area contributed by atoms with Gasteiger partial charge in [-0.3, -0.25) is 4.79 Å². The van der Waals surface area contributed by atoms with Crippen LogP contribution in [0.5, 0.6) is 0 Å². The van der Waals surface area contributed by atoms with Gasteiger partial charge in [0.15, 0.2) is 8.29 Å². The first-order valence-corrected chi connectivity index (χ1v) is 11.5. The minimum absolute atomic E-state index is 0.0796. The second kappa shape index (κ2) is 9.69. The molecule has 0 unspecified atom stereocenters. The van der Waals surface area contributed by atoms with E-state index < -0.39 is 0 Å². The minimum Gasteiger partial charge on any atom is -0.325 e. The Morgan fingerprint density at radius 3 is 2.64 bits per heavy atom. The van der Waals surface area contributed by atoms with Crippen molar-refractivity contribution in [3.8, 4) is 5.69 Å². The molecule has 3 rings (SSSR count). The molecule has 1 heterocycles. The summed E-state index contributed by atoms with van der Waals surface area (Å²) in [5.74, 6) is 0.180. The summed E-state index contributed by atoms with van der Waals surface area (Å²) < 4.78 is 3.15. The number of nitrogens with zero attached hydrogens (tertiary/aromatic N) is 2. The summed E-state index contributed by atoms with van der Waals surface area (Å²) in [7, 11) is 0. The number of rotatable bonds is 7. The zero-order chi connectivity index (χ0) is 20.1. The van der Waals surface area contributed by atoms with Crippen molar-refractivity contribution in [2.45, 2.75) is 31.0 Å². The van der Waals surface area contributed by atoms with E-state index in [1.54, 1.807) is 4.68 Å². The number of nitrogens with one attached hydrogen (secondary N) is 1. The number of para-hydroxylation sites is 1. The number of hydrogen-bond donors (Lipinski definition) is 1. The fourth-order valence-electron chi connectivity index (χ4n) is 2.82. The zero-order valence-corrected chi connectivity index (χ0v) is 18.8. The number of carbonyl (C=O) groups excluding carboxylic acids is 1. The number of halogens is 1. The predicted molar refractivity (Wildman–Crippen MR) is 122 cm³/mol. The molecule has 4 nitrogen and oxygen atoms in total. The van der Waals surface area contributed by atoms with Crippen LogP contribution in [0, 0.1) is 3.95 Å². The molecule has 2 aromatic carbocycles. The fraction of sp³-hybridized carbons (Fsp3) is 0.250. The van der Waals surface area contributed by atoms with Crippen LogP contribution in [0.2, 0.25) is 5.02 Å². The average Bonchev–Trinajstić information content (AvgIpc) is 3.08. The van der Waals surface area contributed by atoms with Crippen LogP contribution in [-0.4, -0.2) is 21.4 Å². The molecular weight excluding hydrogens is 430 g/mol. The van der Waals surface area contributed by atoms with Crippen LogP contribution >= 0.6 is 46.9 Å². The van der Waals surface area contributed by atoms with E-state index in [9.17, 15) is 4.79 Å². The Balaban J connectivity index is 1.71. The highest BCUT2D eigenvalue weighted by Crippen LogP contribution is 2.30. The molecule has 28 heavy (non-hydrogen) atoms. The van der Waals surface area contributed by atoms with Crippen LogP contribution in [0.3, 0.4) is 0 Å². The highest BCUT2D eigenvalue weighted by atomic mass is 35.5. The first kappa shape index (κ1) is 21.0. The van der Waals surface area contributed by atoms with Crippen LogP contribution < -0.4 is 5.32 Å². The number of amides is 1. The van der Waals surface area contributed by atoms with Crippen molar-refractivity contribution >= 4 is 58.5 Å². The van der Waals surface area contributed by atoms with Crippen molar-refractivity contribution < 1.29 is 4.79 Å². The maximum atomic E-state index is 12.6. The van der Waals surface area contributed by atoms with Crippen molar-refractivity contribution in [1.29, 1.82) is 0 Å². The summed E-state index contributed by atoms with van der Waals surface area (Å²) in [5, 5.41) is 8.26. The Bertz CT molecular complexity index is 1030. The van der Waals surface area contributed by atoms with Gasteiger partial charge in [0.25, 0.3) is 0 Å². The van der Waals surface area contributed by atoms with Crippen molar-refractivity contribution in [3.63, 3.8) is 0 Å². The van der Waals surface area contributed by atoms with E-state index in [-0.39, 0.29) is 11.7 Å². The molecule has 146 valence electrons. The Morgan fingerprint density at radius 2 is 1.96 bits per heavy atom. The Morgan fingerprint density at radius 1 is 1.21 bits per heavy atom. The summed E-state index contributed by atoms with van der Waals surface area (Å²) in [6.45, 7) is 4.10. The third-order valence-corrected chi connectivity index (χ3v) is 6.92. The van der Waals surface area contributed by atoms with Gasteiger partial charge in [-0.15, -0.1) is 5.10 Å². The molecule has 1 N–H and O–H groups in total. The molecule has 0 atom stereocenters. The molecule has 0 saturated carbocycles. The second-order valence-electron chi connectivity index (χ2n) is 5.99. The van der Waals surface area contributed by atoms with Crippen molar-refractivity contribution in [3.05, 3.63) is 62.6 Å². The van der Waals surface area contributed by atoms with Gasteiger partial charge in [0, 0.05) is 10.7 Å². The molecule has 0 fully saturated rings. The first-order valence-electron chi connectivity index (χ1n) is 8.92. The lowest BCUT2D eigenvalue weighted by molar-refractivity contribution is -0.113. The van der Waals surface area contributed by atoms with Crippen LogP contribution in [-0.2, 0) is 17.6 Å². The first-order chi connectivity index (χ1) is 13.5. The lowest BCUT2D eigenvalue weighted by atomic mass is 10.0. The van der Waals surface area contributed by atoms with E-state index >= 15 is 0 Å². The van der Waals surface area contributed by atoms with E-state index in [1.165, 1.54) is 23.1 Å². The lowest BCUT2D eigenvalue weighted by Gasteiger charge is -2.15. The minimum atomic E-state index is -0.0796. The number of carbonyl (C=O) groups is 1. The number of aryl methyl sites for hydroxylation is 1. The van der Waals surface area contributed by atoms with E-state index in [0.717, 1.165) is 39.7 Å². The molecule has 0 aliphatic heterocycles. The Labute approximate surface area is 182 Å². The normalized spacial score (nSPS) is 10.8. The van der Waals surface area contributed by atoms with E-state index in [1.807, 2.05) is 49.4 Å².